The van der Waals surface area contributed by atoms with Gasteiger partial charge in [0.05, 0.1) is 11.4 Å². The van der Waals surface area contributed by atoms with E-state index >= 15 is 0 Å². The summed E-state index contributed by atoms with van der Waals surface area (Å²) in [5, 5.41) is 6.00. The second kappa shape index (κ2) is 6.56. The zero-order valence-corrected chi connectivity index (χ0v) is 11.4. The van der Waals surface area contributed by atoms with E-state index in [2.05, 4.69) is 15.6 Å². The third-order valence-corrected chi connectivity index (χ3v) is 2.89. The summed E-state index contributed by atoms with van der Waals surface area (Å²) in [7, 11) is 0. The monoisotopic (exact) mass is 270 g/mol. The Bertz CT molecular complexity index is 584. The Morgan fingerprint density at radius 2 is 2.00 bits per heavy atom. The average molecular weight is 270 g/mol. The molecule has 0 saturated carbocycles. The van der Waals surface area contributed by atoms with E-state index in [1.807, 2.05) is 19.1 Å². The highest BCUT2D eigenvalue weighted by Crippen LogP contribution is 2.20. The number of hydrogen-bond donors (Lipinski definition) is 3. The van der Waals surface area contributed by atoms with Crippen LogP contribution in [0.2, 0.25) is 0 Å². The van der Waals surface area contributed by atoms with E-state index < -0.39 is 0 Å². The second-order valence-electron chi connectivity index (χ2n) is 4.37. The normalized spacial score (nSPS) is 10.1. The Morgan fingerprint density at radius 3 is 2.70 bits per heavy atom. The molecule has 1 aromatic carbocycles. The number of aromatic nitrogens is 1. The van der Waals surface area contributed by atoms with Gasteiger partial charge in [0, 0.05) is 31.0 Å². The number of carbonyl (C=O) groups excluding carboxylic acids is 1. The molecule has 5 nitrogen and oxygen atoms in total. The van der Waals surface area contributed by atoms with Crippen LogP contribution in [0, 0.1) is 0 Å². The van der Waals surface area contributed by atoms with Crippen LogP contribution >= 0.6 is 0 Å². The van der Waals surface area contributed by atoms with E-state index in [4.69, 9.17) is 5.73 Å². The van der Waals surface area contributed by atoms with E-state index in [0.717, 1.165) is 11.3 Å². The zero-order valence-electron chi connectivity index (χ0n) is 11.4. The van der Waals surface area contributed by atoms with Crippen LogP contribution in [0.25, 0.3) is 0 Å². The number of nitrogens with one attached hydrogen (secondary N) is 2. The van der Waals surface area contributed by atoms with Crippen LogP contribution in [0.4, 0.5) is 11.4 Å². The van der Waals surface area contributed by atoms with Crippen molar-refractivity contribution in [3.05, 3.63) is 53.9 Å². The first-order chi connectivity index (χ1) is 9.70. The zero-order chi connectivity index (χ0) is 14.4. The molecular weight excluding hydrogens is 252 g/mol. The Hall–Kier alpha value is -2.56. The summed E-state index contributed by atoms with van der Waals surface area (Å²) in [5.74, 6) is -0.0977. The van der Waals surface area contributed by atoms with Crippen LogP contribution in [0.5, 0.6) is 0 Å². The van der Waals surface area contributed by atoms with Crippen LogP contribution in [0.3, 0.4) is 0 Å². The van der Waals surface area contributed by atoms with Crippen molar-refractivity contribution in [2.24, 2.45) is 0 Å². The van der Waals surface area contributed by atoms with E-state index in [1.165, 1.54) is 0 Å². The summed E-state index contributed by atoms with van der Waals surface area (Å²) >= 11 is 0. The third-order valence-electron chi connectivity index (χ3n) is 2.89. The lowest BCUT2D eigenvalue weighted by Gasteiger charge is -2.11. The maximum Gasteiger partial charge on any atom is 0.251 e. The van der Waals surface area contributed by atoms with Crippen molar-refractivity contribution >= 4 is 17.3 Å². The van der Waals surface area contributed by atoms with Crippen LogP contribution in [0.15, 0.2) is 42.7 Å². The summed E-state index contributed by atoms with van der Waals surface area (Å²) in [4.78, 5) is 15.8. The molecular formula is C15H18N4O. The van der Waals surface area contributed by atoms with Crippen molar-refractivity contribution in [3.63, 3.8) is 0 Å². The smallest absolute Gasteiger partial charge is 0.251 e. The Morgan fingerprint density at radius 1 is 1.25 bits per heavy atom. The van der Waals surface area contributed by atoms with E-state index in [0.29, 0.717) is 24.3 Å². The van der Waals surface area contributed by atoms with Gasteiger partial charge in [-0.1, -0.05) is 0 Å². The van der Waals surface area contributed by atoms with Crippen molar-refractivity contribution in [2.75, 3.05) is 17.6 Å². The lowest BCUT2D eigenvalue weighted by Crippen LogP contribution is -2.22. The van der Waals surface area contributed by atoms with Crippen molar-refractivity contribution in [3.8, 4) is 0 Å². The largest absolute Gasteiger partial charge is 0.397 e. The lowest BCUT2D eigenvalue weighted by molar-refractivity contribution is 0.0956. The Kier molecular flexibility index (Phi) is 4.55. The molecule has 0 spiro atoms. The minimum absolute atomic E-state index is 0.0977. The molecule has 0 radical (unpaired) electrons. The standard InChI is InChI=1S/C15H18N4O/c1-2-18-15(20)12-3-4-13(16)14(9-12)19-10-11-5-7-17-8-6-11/h3-9,19H,2,10,16H2,1H3,(H,18,20). The molecule has 2 rings (SSSR count). The number of rotatable bonds is 5. The molecule has 0 atom stereocenters. The predicted molar refractivity (Wildman–Crippen MR) is 80.4 cm³/mol. The van der Waals surface area contributed by atoms with Gasteiger partial charge < -0.3 is 16.4 Å². The molecule has 4 N–H and O–H groups in total. The molecule has 104 valence electrons. The molecule has 0 aliphatic heterocycles. The average Bonchev–Trinajstić information content (AvgIpc) is 2.47. The minimum Gasteiger partial charge on any atom is -0.397 e. The van der Waals surface area contributed by atoms with Gasteiger partial charge in [-0.05, 0) is 42.8 Å². The molecule has 0 aliphatic carbocycles. The lowest BCUT2D eigenvalue weighted by atomic mass is 10.1. The van der Waals surface area contributed by atoms with E-state index in [1.54, 1.807) is 30.6 Å². The fourth-order valence-electron chi connectivity index (χ4n) is 1.81. The van der Waals surface area contributed by atoms with Crippen molar-refractivity contribution in [1.29, 1.82) is 0 Å². The molecule has 0 unspecified atom stereocenters. The highest BCUT2D eigenvalue weighted by atomic mass is 16.1. The molecule has 1 aromatic heterocycles. The molecule has 0 bridgehead atoms. The molecule has 0 aliphatic rings. The first kappa shape index (κ1) is 13.9. The Balaban J connectivity index is 2.10. The van der Waals surface area contributed by atoms with Gasteiger partial charge in [0.2, 0.25) is 0 Å². The minimum atomic E-state index is -0.0977. The summed E-state index contributed by atoms with van der Waals surface area (Å²) < 4.78 is 0. The molecule has 2 aromatic rings. The van der Waals surface area contributed by atoms with Gasteiger partial charge in [0.1, 0.15) is 0 Å². The first-order valence-corrected chi connectivity index (χ1v) is 6.51. The van der Waals surface area contributed by atoms with Crippen LogP contribution < -0.4 is 16.4 Å². The quantitative estimate of drug-likeness (QED) is 0.726. The predicted octanol–water partition coefficient (Wildman–Crippen LogP) is 2.03. The first-order valence-electron chi connectivity index (χ1n) is 6.51. The highest BCUT2D eigenvalue weighted by Gasteiger charge is 2.07. The molecule has 0 fully saturated rings. The van der Waals surface area contributed by atoms with Gasteiger partial charge in [0.25, 0.3) is 5.91 Å². The van der Waals surface area contributed by atoms with Gasteiger partial charge in [-0.25, -0.2) is 0 Å². The molecule has 5 heteroatoms. The third kappa shape index (κ3) is 3.47. The van der Waals surface area contributed by atoms with E-state index in [-0.39, 0.29) is 5.91 Å². The number of amides is 1. The topological polar surface area (TPSA) is 80.0 Å². The molecule has 1 heterocycles. The maximum atomic E-state index is 11.8. The summed E-state index contributed by atoms with van der Waals surface area (Å²) in [6.45, 7) is 3.12. The molecule has 20 heavy (non-hydrogen) atoms. The number of carbonyl (C=O) groups is 1. The van der Waals surface area contributed by atoms with Crippen LogP contribution in [-0.4, -0.2) is 17.4 Å². The van der Waals surface area contributed by atoms with Crippen LogP contribution in [-0.2, 0) is 6.54 Å². The number of nitrogens with zero attached hydrogens (tertiary/aromatic N) is 1. The number of pyridine rings is 1. The fraction of sp³-hybridized carbons (Fsp3) is 0.200. The van der Waals surface area contributed by atoms with Gasteiger partial charge in [0.15, 0.2) is 0 Å². The van der Waals surface area contributed by atoms with Crippen LogP contribution in [0.1, 0.15) is 22.8 Å². The van der Waals surface area contributed by atoms with Gasteiger partial charge in [-0.15, -0.1) is 0 Å². The SMILES string of the molecule is CCNC(=O)c1ccc(N)c(NCc2ccncc2)c1. The number of anilines is 2. The number of hydrogen-bond acceptors (Lipinski definition) is 4. The molecule has 1 amide bonds. The summed E-state index contributed by atoms with van der Waals surface area (Å²) in [6.07, 6.45) is 3.48. The van der Waals surface area contributed by atoms with Crippen molar-refractivity contribution in [2.45, 2.75) is 13.5 Å². The number of nitrogens with two attached hydrogens (primary N) is 1. The maximum absolute atomic E-state index is 11.8. The molecule has 0 saturated heterocycles. The fourth-order valence-corrected chi connectivity index (χ4v) is 1.81. The van der Waals surface area contributed by atoms with Crippen molar-refractivity contribution in [1.82, 2.24) is 10.3 Å². The van der Waals surface area contributed by atoms with Gasteiger partial charge in [-0.2, -0.15) is 0 Å². The van der Waals surface area contributed by atoms with E-state index in [9.17, 15) is 4.79 Å². The van der Waals surface area contributed by atoms with Crippen molar-refractivity contribution < 1.29 is 4.79 Å². The number of nitrogen functional groups attached to an aromatic ring is 1. The second-order valence-corrected chi connectivity index (χ2v) is 4.37. The summed E-state index contributed by atoms with van der Waals surface area (Å²) in [6, 6.07) is 9.08. The van der Waals surface area contributed by atoms with Gasteiger partial charge in [-0.3, -0.25) is 9.78 Å². The number of benzene rings is 1. The van der Waals surface area contributed by atoms with Gasteiger partial charge >= 0.3 is 0 Å². The Labute approximate surface area is 118 Å². The highest BCUT2D eigenvalue weighted by molar-refractivity contribution is 5.96. The summed E-state index contributed by atoms with van der Waals surface area (Å²) in [5.41, 5.74) is 8.99.